The average Bonchev–Trinajstić information content (AvgIpc) is 3.22. The van der Waals surface area contributed by atoms with Gasteiger partial charge in [-0.2, -0.15) is 0 Å². The molecule has 0 N–H and O–H groups in total. The summed E-state index contributed by atoms with van der Waals surface area (Å²) in [6, 6.07) is 40.7. The molecule has 308 valence electrons. The summed E-state index contributed by atoms with van der Waals surface area (Å²) in [6.45, 7) is 13.7. The Labute approximate surface area is 363 Å². The molecule has 0 aliphatic rings. The van der Waals surface area contributed by atoms with E-state index in [9.17, 15) is 0 Å². The molecule has 5 nitrogen and oxygen atoms in total. The van der Waals surface area contributed by atoms with E-state index in [1.807, 2.05) is 62.4 Å². The zero-order valence-corrected chi connectivity index (χ0v) is 37.4. The predicted molar refractivity (Wildman–Crippen MR) is 239 cm³/mol. The molecule has 0 aliphatic heterocycles. The van der Waals surface area contributed by atoms with Gasteiger partial charge in [-0.1, -0.05) is 96.0 Å². The van der Waals surface area contributed by atoms with Crippen LogP contribution < -0.4 is 18.9 Å². The highest BCUT2D eigenvalue weighted by Gasteiger charge is 2.40. The van der Waals surface area contributed by atoms with Gasteiger partial charge in [0.25, 0.3) is 0 Å². The van der Waals surface area contributed by atoms with Gasteiger partial charge in [0.1, 0.15) is 23.0 Å². The van der Waals surface area contributed by atoms with Crippen LogP contribution in [0.25, 0.3) is 0 Å². The number of halogens is 4. The van der Waals surface area contributed by atoms with Gasteiger partial charge in [0.15, 0.2) is 23.1 Å². The van der Waals surface area contributed by atoms with Crippen LogP contribution in [0.2, 0.25) is 0 Å². The smallest absolute Gasteiger partial charge is 0.165 e. The molecule has 0 radical (unpaired) electrons. The maximum Gasteiger partial charge on any atom is 0.165 e. The molecule has 0 bridgehead atoms. The van der Waals surface area contributed by atoms with E-state index in [-0.39, 0.29) is 11.5 Å². The van der Waals surface area contributed by atoms with E-state index < -0.39 is 34.7 Å². The lowest BCUT2D eigenvalue weighted by atomic mass is 9.74. The van der Waals surface area contributed by atoms with Crippen LogP contribution in [0.15, 0.2) is 142 Å². The molecular formula is C50H50Br2F2O5. The number of benzene rings is 6. The first-order valence-electron chi connectivity index (χ1n) is 19.8. The summed E-state index contributed by atoms with van der Waals surface area (Å²) in [6.07, 6.45) is -0.0438. The summed E-state index contributed by atoms with van der Waals surface area (Å²) in [7, 11) is 0. The van der Waals surface area contributed by atoms with Crippen LogP contribution in [-0.2, 0) is 28.4 Å². The Morgan fingerprint density at radius 2 is 0.814 bits per heavy atom. The van der Waals surface area contributed by atoms with E-state index in [2.05, 4.69) is 83.8 Å². The molecule has 0 aromatic heterocycles. The molecule has 0 saturated heterocycles. The third-order valence-corrected chi connectivity index (χ3v) is 11.7. The Morgan fingerprint density at radius 3 is 1.15 bits per heavy atom. The van der Waals surface area contributed by atoms with Crippen molar-refractivity contribution in [1.82, 2.24) is 0 Å². The van der Waals surface area contributed by atoms with Gasteiger partial charge < -0.3 is 23.7 Å². The first kappa shape index (κ1) is 43.9. The van der Waals surface area contributed by atoms with Gasteiger partial charge in [-0.05, 0) is 146 Å². The zero-order valence-electron chi connectivity index (χ0n) is 34.2. The van der Waals surface area contributed by atoms with Crippen LogP contribution in [0.1, 0.15) is 63.8 Å². The summed E-state index contributed by atoms with van der Waals surface area (Å²) in [4.78, 5) is 0. The Hall–Kier alpha value is -4.70. The Kier molecular flexibility index (Phi) is 14.6. The lowest BCUT2D eigenvalue weighted by Gasteiger charge is -2.43. The fourth-order valence-electron chi connectivity index (χ4n) is 7.00. The normalized spacial score (nSPS) is 12.8. The van der Waals surface area contributed by atoms with Gasteiger partial charge in [-0.3, -0.25) is 0 Å². The van der Waals surface area contributed by atoms with Crippen molar-refractivity contribution in [3.63, 3.8) is 0 Å². The molecule has 0 amide bonds. The summed E-state index contributed by atoms with van der Waals surface area (Å²) >= 11 is 6.91. The molecule has 6 aromatic carbocycles. The summed E-state index contributed by atoms with van der Waals surface area (Å²) in [5.41, 5.74) is 2.63. The van der Waals surface area contributed by atoms with Crippen LogP contribution in [0.5, 0.6) is 34.5 Å². The molecule has 2 atom stereocenters. The van der Waals surface area contributed by atoms with E-state index in [0.717, 1.165) is 42.7 Å². The molecule has 9 heteroatoms. The molecule has 0 heterocycles. The number of hydrogen-bond acceptors (Lipinski definition) is 5. The lowest BCUT2D eigenvalue weighted by molar-refractivity contribution is -0.0753. The van der Waals surface area contributed by atoms with Crippen molar-refractivity contribution in [2.75, 3.05) is 13.2 Å². The standard InChI is InChI=1S/C50H50Br2F2O5/c1-7-55-39-19-11-35(12-20-39)49(3,4)47(31-33-9-27-43(53)45(29-33)57-41-23-15-37(51)16-24-41)59-48(50(5,6)36-13-21-40(22-14-36)56-8-2)32-34-10-28-44(54)46(30-34)58-42-25-17-38(52)18-26-42/h9-30,47-48H,7-8,31-32H2,1-6H3. The summed E-state index contributed by atoms with van der Waals surface area (Å²) in [5.74, 6) is 1.92. The van der Waals surface area contributed by atoms with Crippen LogP contribution in [0, 0.1) is 11.6 Å². The van der Waals surface area contributed by atoms with Crippen molar-refractivity contribution in [3.8, 4) is 34.5 Å². The van der Waals surface area contributed by atoms with E-state index in [0.29, 0.717) is 37.6 Å². The van der Waals surface area contributed by atoms with E-state index in [1.54, 1.807) is 48.5 Å². The first-order chi connectivity index (χ1) is 28.2. The fourth-order valence-corrected chi connectivity index (χ4v) is 7.53. The van der Waals surface area contributed by atoms with Gasteiger partial charge in [-0.25, -0.2) is 8.78 Å². The van der Waals surface area contributed by atoms with Gasteiger partial charge >= 0.3 is 0 Å². The summed E-state index contributed by atoms with van der Waals surface area (Å²) < 4.78 is 63.7. The quantitative estimate of drug-likeness (QED) is 0.0859. The van der Waals surface area contributed by atoms with Gasteiger partial charge in [0, 0.05) is 19.8 Å². The minimum atomic E-state index is -0.572. The maximum absolute atomic E-state index is 15.3. The lowest BCUT2D eigenvalue weighted by Crippen LogP contribution is -2.46. The zero-order chi connectivity index (χ0) is 42.2. The predicted octanol–water partition coefficient (Wildman–Crippen LogP) is 14.4. The third kappa shape index (κ3) is 11.3. The molecule has 6 aromatic rings. The third-order valence-electron chi connectivity index (χ3n) is 10.7. The van der Waals surface area contributed by atoms with Gasteiger partial charge in [-0.15, -0.1) is 0 Å². The van der Waals surface area contributed by atoms with Crippen LogP contribution in [0.3, 0.4) is 0 Å². The van der Waals surface area contributed by atoms with Crippen molar-refractivity contribution < 1.29 is 32.5 Å². The Morgan fingerprint density at radius 1 is 0.475 bits per heavy atom. The van der Waals surface area contributed by atoms with Gasteiger partial charge in [0.2, 0.25) is 0 Å². The van der Waals surface area contributed by atoms with Crippen molar-refractivity contribution in [2.24, 2.45) is 0 Å². The molecule has 0 fully saturated rings. The molecule has 0 spiro atoms. The molecule has 0 saturated carbocycles. The van der Waals surface area contributed by atoms with Crippen molar-refractivity contribution in [2.45, 2.75) is 77.4 Å². The highest BCUT2D eigenvalue weighted by atomic mass is 79.9. The highest BCUT2D eigenvalue weighted by molar-refractivity contribution is 9.10. The van der Waals surface area contributed by atoms with Crippen molar-refractivity contribution >= 4 is 31.9 Å². The second-order valence-electron chi connectivity index (χ2n) is 15.5. The molecule has 59 heavy (non-hydrogen) atoms. The van der Waals surface area contributed by atoms with Crippen molar-refractivity contribution in [1.29, 1.82) is 0 Å². The van der Waals surface area contributed by atoms with Gasteiger partial charge in [0.05, 0.1) is 25.4 Å². The second kappa shape index (κ2) is 19.6. The monoisotopic (exact) mass is 926 g/mol. The fraction of sp³-hybridized carbons (Fsp3) is 0.280. The van der Waals surface area contributed by atoms with E-state index >= 15 is 8.78 Å². The van der Waals surface area contributed by atoms with Crippen LogP contribution in [-0.4, -0.2) is 25.4 Å². The molecule has 2 unspecified atom stereocenters. The molecular weight excluding hydrogens is 878 g/mol. The van der Waals surface area contributed by atoms with Crippen LogP contribution in [0.4, 0.5) is 8.78 Å². The second-order valence-corrected chi connectivity index (χ2v) is 17.4. The maximum atomic E-state index is 15.3. The largest absolute Gasteiger partial charge is 0.494 e. The molecule has 6 rings (SSSR count). The number of ether oxygens (including phenoxy) is 5. The summed E-state index contributed by atoms with van der Waals surface area (Å²) in [5, 5.41) is 0. The Bertz CT molecular complexity index is 2110. The minimum Gasteiger partial charge on any atom is -0.494 e. The number of rotatable bonds is 18. The first-order valence-corrected chi connectivity index (χ1v) is 21.4. The number of hydrogen-bond donors (Lipinski definition) is 0. The highest BCUT2D eigenvalue weighted by Crippen LogP contribution is 2.40. The van der Waals surface area contributed by atoms with E-state index in [1.165, 1.54) is 12.1 Å². The Balaban J connectivity index is 1.41. The minimum absolute atomic E-state index is 0.123. The topological polar surface area (TPSA) is 46.2 Å². The molecule has 0 aliphatic carbocycles. The average molecular weight is 929 g/mol. The van der Waals surface area contributed by atoms with E-state index in [4.69, 9.17) is 23.7 Å². The van der Waals surface area contributed by atoms with Crippen LogP contribution >= 0.6 is 31.9 Å². The SMILES string of the molecule is CCOc1ccc(C(C)(C)C(Cc2ccc(F)c(Oc3ccc(Br)cc3)c2)OC(Cc2ccc(F)c(Oc3ccc(Br)cc3)c2)C(C)(C)c2ccc(OCC)cc2)cc1. The van der Waals surface area contributed by atoms with Crippen molar-refractivity contribution in [3.05, 3.63) is 176 Å².